The van der Waals surface area contributed by atoms with Gasteiger partial charge in [-0.2, -0.15) is 15.0 Å². The van der Waals surface area contributed by atoms with Crippen LogP contribution in [0.2, 0.25) is 0 Å². The number of methoxy groups -OCH3 is 1. The number of rotatable bonds is 7. The lowest BCUT2D eigenvalue weighted by atomic mass is 9.85. The average Bonchev–Trinajstić information content (AvgIpc) is 2.37. The van der Waals surface area contributed by atoms with E-state index in [-0.39, 0.29) is 0 Å². The maximum Gasteiger partial charge on any atom is 0.322 e. The van der Waals surface area contributed by atoms with E-state index in [0.717, 1.165) is 25.6 Å². The minimum absolute atomic E-state index is 0.369. The van der Waals surface area contributed by atoms with Gasteiger partial charge in [-0.05, 0) is 32.6 Å². The molecule has 0 amide bonds. The summed E-state index contributed by atoms with van der Waals surface area (Å²) < 4.78 is 5.15. The molecule has 1 N–H and O–H groups in total. The molecule has 1 aromatic rings. The van der Waals surface area contributed by atoms with Crippen molar-refractivity contribution in [3.8, 4) is 6.01 Å². The van der Waals surface area contributed by atoms with Crippen LogP contribution in [0.3, 0.4) is 0 Å². The number of aromatic nitrogens is 3. The molecule has 1 aliphatic rings. The predicted octanol–water partition coefficient (Wildman–Crippen LogP) is 1.94. The Morgan fingerprint density at radius 2 is 2.05 bits per heavy atom. The van der Waals surface area contributed by atoms with Gasteiger partial charge in [0.2, 0.25) is 11.9 Å². The number of anilines is 2. The summed E-state index contributed by atoms with van der Waals surface area (Å²) in [5.41, 5.74) is 0. The van der Waals surface area contributed by atoms with Crippen molar-refractivity contribution < 1.29 is 4.74 Å². The second kappa shape index (κ2) is 6.54. The minimum atomic E-state index is 0.369. The quantitative estimate of drug-likeness (QED) is 0.813. The Bertz CT molecular complexity index is 408. The van der Waals surface area contributed by atoms with Gasteiger partial charge in [-0.3, -0.25) is 0 Å². The highest BCUT2D eigenvalue weighted by Crippen LogP contribution is 2.28. The highest BCUT2D eigenvalue weighted by atomic mass is 16.5. The maximum atomic E-state index is 5.15. The Morgan fingerprint density at radius 3 is 2.58 bits per heavy atom. The number of hydrogen-bond donors (Lipinski definition) is 1. The first-order chi connectivity index (χ1) is 9.26. The van der Waals surface area contributed by atoms with Gasteiger partial charge < -0.3 is 15.0 Å². The van der Waals surface area contributed by atoms with Crippen molar-refractivity contribution in [2.75, 3.05) is 37.0 Å². The molecular formula is C13H23N5O. The summed E-state index contributed by atoms with van der Waals surface area (Å²) in [6.07, 6.45) is 3.99. The van der Waals surface area contributed by atoms with Crippen LogP contribution in [0.1, 0.15) is 33.1 Å². The first-order valence-electron chi connectivity index (χ1n) is 7.05. The molecule has 1 saturated carbocycles. The molecule has 6 nitrogen and oxygen atoms in total. The Hall–Kier alpha value is -1.59. The lowest BCUT2D eigenvalue weighted by Crippen LogP contribution is -2.34. The topological polar surface area (TPSA) is 63.2 Å². The largest absolute Gasteiger partial charge is 0.467 e. The van der Waals surface area contributed by atoms with Gasteiger partial charge in [-0.15, -0.1) is 0 Å². The molecule has 0 bridgehead atoms. The summed E-state index contributed by atoms with van der Waals surface area (Å²) in [6, 6.07) is 0.369. The van der Waals surface area contributed by atoms with E-state index in [1.807, 2.05) is 6.92 Å². The molecule has 0 aliphatic heterocycles. The van der Waals surface area contributed by atoms with Crippen LogP contribution in [0.15, 0.2) is 0 Å². The maximum absolute atomic E-state index is 5.15. The predicted molar refractivity (Wildman–Crippen MR) is 75.8 cm³/mol. The summed E-state index contributed by atoms with van der Waals surface area (Å²) in [6.45, 7) is 6.84. The molecule has 0 unspecified atom stereocenters. The van der Waals surface area contributed by atoms with Crippen molar-refractivity contribution in [1.29, 1.82) is 0 Å². The molecule has 0 saturated heterocycles. The van der Waals surface area contributed by atoms with Crippen molar-refractivity contribution in [3.05, 3.63) is 0 Å². The highest BCUT2D eigenvalue weighted by Gasteiger charge is 2.22. The van der Waals surface area contributed by atoms with E-state index in [2.05, 4.69) is 32.1 Å². The number of ether oxygens (including phenoxy) is 1. The Balaban J connectivity index is 2.16. The van der Waals surface area contributed by atoms with Gasteiger partial charge in [-0.1, -0.05) is 6.42 Å². The fourth-order valence-electron chi connectivity index (χ4n) is 2.15. The molecule has 0 radical (unpaired) electrons. The van der Waals surface area contributed by atoms with Crippen LogP contribution in [0.5, 0.6) is 6.01 Å². The Labute approximate surface area is 114 Å². The van der Waals surface area contributed by atoms with Gasteiger partial charge in [0.15, 0.2) is 0 Å². The molecule has 106 valence electrons. The first kappa shape index (κ1) is 13.8. The van der Waals surface area contributed by atoms with E-state index < -0.39 is 0 Å². The van der Waals surface area contributed by atoms with E-state index >= 15 is 0 Å². The van der Waals surface area contributed by atoms with Crippen molar-refractivity contribution in [2.24, 2.45) is 5.92 Å². The van der Waals surface area contributed by atoms with Crippen molar-refractivity contribution >= 4 is 11.9 Å². The molecule has 19 heavy (non-hydrogen) atoms. The molecule has 6 heteroatoms. The Kier molecular flexibility index (Phi) is 4.76. The van der Waals surface area contributed by atoms with Crippen LogP contribution in [0, 0.1) is 5.92 Å². The third-order valence-corrected chi connectivity index (χ3v) is 3.49. The van der Waals surface area contributed by atoms with E-state index in [1.165, 1.54) is 19.3 Å². The van der Waals surface area contributed by atoms with Crippen LogP contribution in [0.25, 0.3) is 0 Å². The van der Waals surface area contributed by atoms with Gasteiger partial charge in [-0.25, -0.2) is 0 Å². The van der Waals surface area contributed by atoms with Gasteiger partial charge in [0.1, 0.15) is 0 Å². The third-order valence-electron chi connectivity index (χ3n) is 3.49. The fraction of sp³-hybridized carbons (Fsp3) is 0.769. The Morgan fingerprint density at radius 1 is 1.26 bits per heavy atom. The minimum Gasteiger partial charge on any atom is -0.467 e. The van der Waals surface area contributed by atoms with Crippen LogP contribution in [0.4, 0.5) is 11.9 Å². The standard InChI is InChI=1S/C13H23N5O/c1-4-14-11-15-12(17-13(16-11)19-3)18(5-2)9-10-7-6-8-10/h10H,4-9H2,1-3H3,(H,14,15,16,17). The average molecular weight is 265 g/mol. The molecule has 0 atom stereocenters. The van der Waals surface area contributed by atoms with E-state index in [1.54, 1.807) is 7.11 Å². The van der Waals surface area contributed by atoms with Crippen molar-refractivity contribution in [3.63, 3.8) is 0 Å². The van der Waals surface area contributed by atoms with Crippen LogP contribution in [-0.2, 0) is 0 Å². The van der Waals surface area contributed by atoms with Crippen molar-refractivity contribution in [1.82, 2.24) is 15.0 Å². The van der Waals surface area contributed by atoms with Crippen molar-refractivity contribution in [2.45, 2.75) is 33.1 Å². The van der Waals surface area contributed by atoms with E-state index in [4.69, 9.17) is 4.74 Å². The molecule has 1 aliphatic carbocycles. The fourth-order valence-corrected chi connectivity index (χ4v) is 2.15. The van der Waals surface area contributed by atoms with E-state index in [9.17, 15) is 0 Å². The van der Waals surface area contributed by atoms with Gasteiger partial charge in [0, 0.05) is 19.6 Å². The molecule has 1 heterocycles. The molecule has 1 fully saturated rings. The molecular weight excluding hydrogens is 242 g/mol. The van der Waals surface area contributed by atoms with Gasteiger partial charge >= 0.3 is 6.01 Å². The highest BCUT2D eigenvalue weighted by molar-refractivity contribution is 5.38. The van der Waals surface area contributed by atoms with Crippen LogP contribution < -0.4 is 15.0 Å². The zero-order valence-electron chi connectivity index (χ0n) is 12.0. The smallest absolute Gasteiger partial charge is 0.322 e. The molecule has 2 rings (SSSR count). The zero-order valence-corrected chi connectivity index (χ0v) is 12.0. The van der Waals surface area contributed by atoms with Crippen LogP contribution >= 0.6 is 0 Å². The lowest BCUT2D eigenvalue weighted by Gasteiger charge is -2.31. The number of nitrogens with zero attached hydrogens (tertiary/aromatic N) is 4. The van der Waals surface area contributed by atoms with E-state index in [0.29, 0.717) is 17.9 Å². The summed E-state index contributed by atoms with van der Waals surface area (Å²) in [5, 5.41) is 3.11. The number of hydrogen-bond acceptors (Lipinski definition) is 6. The second-order valence-corrected chi connectivity index (χ2v) is 4.81. The third kappa shape index (κ3) is 3.45. The number of nitrogens with one attached hydrogen (secondary N) is 1. The monoisotopic (exact) mass is 265 g/mol. The SMILES string of the molecule is CCNc1nc(OC)nc(N(CC)CC2CCC2)n1. The molecule has 0 spiro atoms. The summed E-state index contributed by atoms with van der Waals surface area (Å²) in [4.78, 5) is 15.2. The van der Waals surface area contributed by atoms with Crippen LogP contribution in [-0.4, -0.2) is 41.7 Å². The zero-order chi connectivity index (χ0) is 13.7. The normalized spacial score (nSPS) is 14.9. The molecule has 1 aromatic heterocycles. The summed E-state index contributed by atoms with van der Waals surface area (Å²) in [7, 11) is 1.58. The lowest BCUT2D eigenvalue weighted by molar-refractivity contribution is 0.316. The van der Waals surface area contributed by atoms with Gasteiger partial charge in [0.25, 0.3) is 0 Å². The van der Waals surface area contributed by atoms with Gasteiger partial charge in [0.05, 0.1) is 7.11 Å². The first-order valence-corrected chi connectivity index (χ1v) is 7.05. The second-order valence-electron chi connectivity index (χ2n) is 4.81. The summed E-state index contributed by atoms with van der Waals surface area (Å²) >= 11 is 0. The summed E-state index contributed by atoms with van der Waals surface area (Å²) in [5.74, 6) is 2.07. The molecule has 0 aromatic carbocycles.